The number of ether oxygens (including phenoxy) is 1. The van der Waals surface area contributed by atoms with Gasteiger partial charge in [-0.1, -0.05) is 44.2 Å². The second-order valence-electron chi connectivity index (χ2n) is 6.47. The first-order valence-corrected chi connectivity index (χ1v) is 7.41. The summed E-state index contributed by atoms with van der Waals surface area (Å²) in [6.07, 6.45) is 4.64. The molecule has 1 saturated carbocycles. The number of hydrogen-bond acceptors (Lipinski definition) is 3. The SMILES string of the molecule is COC(=O)C(NC1CCC(C)(C)CC1)c1ccccc1. The molecule has 1 aliphatic rings. The van der Waals surface area contributed by atoms with Gasteiger partial charge in [-0.05, 0) is 36.7 Å². The van der Waals surface area contributed by atoms with Gasteiger partial charge in [-0.15, -0.1) is 0 Å². The monoisotopic (exact) mass is 275 g/mol. The molecule has 0 aromatic heterocycles. The minimum atomic E-state index is -0.354. The summed E-state index contributed by atoms with van der Waals surface area (Å²) < 4.78 is 4.95. The molecule has 0 aliphatic heterocycles. The fraction of sp³-hybridized carbons (Fsp3) is 0.588. The normalized spacial score (nSPS) is 20.4. The molecule has 1 unspecified atom stereocenters. The van der Waals surface area contributed by atoms with Gasteiger partial charge in [0.25, 0.3) is 0 Å². The smallest absolute Gasteiger partial charge is 0.327 e. The Balaban J connectivity index is 2.04. The lowest BCUT2D eigenvalue weighted by Crippen LogP contribution is -2.41. The van der Waals surface area contributed by atoms with Gasteiger partial charge < -0.3 is 4.74 Å². The van der Waals surface area contributed by atoms with Crippen molar-refractivity contribution >= 4 is 5.97 Å². The largest absolute Gasteiger partial charge is 0.468 e. The fourth-order valence-electron chi connectivity index (χ4n) is 2.87. The second-order valence-corrected chi connectivity index (χ2v) is 6.47. The van der Waals surface area contributed by atoms with Crippen molar-refractivity contribution in [1.82, 2.24) is 5.32 Å². The van der Waals surface area contributed by atoms with Crippen molar-refractivity contribution in [2.24, 2.45) is 5.41 Å². The molecule has 20 heavy (non-hydrogen) atoms. The Labute approximate surface area is 121 Å². The average Bonchev–Trinajstić information content (AvgIpc) is 2.46. The van der Waals surface area contributed by atoms with E-state index in [1.807, 2.05) is 30.3 Å². The van der Waals surface area contributed by atoms with Crippen molar-refractivity contribution in [3.05, 3.63) is 35.9 Å². The van der Waals surface area contributed by atoms with Crippen molar-refractivity contribution in [3.63, 3.8) is 0 Å². The molecule has 1 atom stereocenters. The van der Waals surface area contributed by atoms with Gasteiger partial charge in [-0.25, -0.2) is 4.79 Å². The van der Waals surface area contributed by atoms with Gasteiger partial charge >= 0.3 is 5.97 Å². The highest BCUT2D eigenvalue weighted by molar-refractivity contribution is 5.77. The lowest BCUT2D eigenvalue weighted by atomic mass is 9.75. The van der Waals surface area contributed by atoms with E-state index in [1.165, 1.54) is 20.0 Å². The highest BCUT2D eigenvalue weighted by atomic mass is 16.5. The molecular weight excluding hydrogens is 250 g/mol. The molecule has 1 fully saturated rings. The average molecular weight is 275 g/mol. The summed E-state index contributed by atoms with van der Waals surface area (Å²) >= 11 is 0. The Bertz CT molecular complexity index is 432. The van der Waals surface area contributed by atoms with Crippen molar-refractivity contribution < 1.29 is 9.53 Å². The summed E-state index contributed by atoms with van der Waals surface area (Å²) in [5.74, 6) is -0.207. The van der Waals surface area contributed by atoms with E-state index in [-0.39, 0.29) is 12.0 Å². The zero-order valence-electron chi connectivity index (χ0n) is 12.7. The number of nitrogens with one attached hydrogen (secondary N) is 1. The van der Waals surface area contributed by atoms with E-state index in [0.717, 1.165) is 18.4 Å². The topological polar surface area (TPSA) is 38.3 Å². The summed E-state index contributed by atoms with van der Waals surface area (Å²) in [5.41, 5.74) is 1.41. The summed E-state index contributed by atoms with van der Waals surface area (Å²) in [5, 5.41) is 3.49. The Morgan fingerprint density at radius 3 is 2.40 bits per heavy atom. The maximum Gasteiger partial charge on any atom is 0.327 e. The van der Waals surface area contributed by atoms with E-state index in [4.69, 9.17) is 4.74 Å². The van der Waals surface area contributed by atoms with Crippen molar-refractivity contribution in [3.8, 4) is 0 Å². The Morgan fingerprint density at radius 1 is 1.25 bits per heavy atom. The predicted octanol–water partition coefficient (Wildman–Crippen LogP) is 3.46. The van der Waals surface area contributed by atoms with Crippen molar-refractivity contribution in [2.75, 3.05) is 7.11 Å². The zero-order chi connectivity index (χ0) is 14.6. The lowest BCUT2D eigenvalue weighted by Gasteiger charge is -2.36. The van der Waals surface area contributed by atoms with Crippen LogP contribution in [0.5, 0.6) is 0 Å². The van der Waals surface area contributed by atoms with Crippen LogP contribution in [0.1, 0.15) is 51.1 Å². The molecule has 1 aromatic rings. The number of hydrogen-bond donors (Lipinski definition) is 1. The van der Waals surface area contributed by atoms with Crippen LogP contribution < -0.4 is 5.32 Å². The molecule has 3 nitrogen and oxygen atoms in total. The van der Waals surface area contributed by atoms with E-state index in [9.17, 15) is 4.79 Å². The number of benzene rings is 1. The molecule has 1 aromatic carbocycles. The first kappa shape index (κ1) is 15.0. The van der Waals surface area contributed by atoms with Gasteiger partial charge in [0.05, 0.1) is 7.11 Å². The molecule has 0 heterocycles. The Morgan fingerprint density at radius 2 is 1.85 bits per heavy atom. The molecule has 1 aliphatic carbocycles. The van der Waals surface area contributed by atoms with Crippen LogP contribution in [0.2, 0.25) is 0 Å². The summed E-state index contributed by atoms with van der Waals surface area (Å²) in [6.45, 7) is 4.64. The highest BCUT2D eigenvalue weighted by Gasteiger charge is 2.30. The van der Waals surface area contributed by atoms with Gasteiger partial charge in [0.1, 0.15) is 6.04 Å². The molecule has 0 spiro atoms. The van der Waals surface area contributed by atoms with Crippen LogP contribution in [0.4, 0.5) is 0 Å². The van der Waals surface area contributed by atoms with E-state index >= 15 is 0 Å². The van der Waals surface area contributed by atoms with Crippen LogP contribution in [-0.4, -0.2) is 19.1 Å². The van der Waals surface area contributed by atoms with E-state index in [2.05, 4.69) is 19.2 Å². The standard InChI is InChI=1S/C17H25NO2/c1-17(2)11-9-14(10-12-17)18-15(16(19)20-3)13-7-5-4-6-8-13/h4-8,14-15,18H,9-12H2,1-3H3. The van der Waals surface area contributed by atoms with Crippen molar-refractivity contribution in [1.29, 1.82) is 0 Å². The van der Waals surface area contributed by atoms with Crippen LogP contribution in [0.25, 0.3) is 0 Å². The summed E-state index contributed by atoms with van der Waals surface area (Å²) in [4.78, 5) is 12.0. The molecule has 0 amide bonds. The second kappa shape index (κ2) is 6.40. The summed E-state index contributed by atoms with van der Waals surface area (Å²) in [6, 6.07) is 9.86. The van der Waals surface area contributed by atoms with Crippen LogP contribution in [0, 0.1) is 5.41 Å². The van der Waals surface area contributed by atoms with Crippen molar-refractivity contribution in [2.45, 2.75) is 51.6 Å². The third-order valence-electron chi connectivity index (χ3n) is 4.31. The van der Waals surface area contributed by atoms with Gasteiger partial charge in [-0.2, -0.15) is 0 Å². The zero-order valence-corrected chi connectivity index (χ0v) is 12.7. The quantitative estimate of drug-likeness (QED) is 0.855. The Hall–Kier alpha value is -1.35. The first-order chi connectivity index (χ1) is 9.52. The van der Waals surface area contributed by atoms with Crippen LogP contribution >= 0.6 is 0 Å². The Kier molecular flexibility index (Phi) is 4.81. The van der Waals surface area contributed by atoms with E-state index in [1.54, 1.807) is 0 Å². The highest BCUT2D eigenvalue weighted by Crippen LogP contribution is 2.35. The summed E-state index contributed by atoms with van der Waals surface area (Å²) in [7, 11) is 1.45. The number of carbonyl (C=O) groups excluding carboxylic acids is 1. The molecule has 110 valence electrons. The molecule has 1 N–H and O–H groups in total. The van der Waals surface area contributed by atoms with Gasteiger partial charge in [0.2, 0.25) is 0 Å². The fourth-order valence-corrected chi connectivity index (χ4v) is 2.87. The number of esters is 1. The van der Waals surface area contributed by atoms with E-state index < -0.39 is 0 Å². The number of rotatable bonds is 4. The number of methoxy groups -OCH3 is 1. The van der Waals surface area contributed by atoms with Crippen LogP contribution in [-0.2, 0) is 9.53 Å². The molecule has 0 saturated heterocycles. The molecule has 2 rings (SSSR count). The molecule has 3 heteroatoms. The molecule has 0 bridgehead atoms. The lowest BCUT2D eigenvalue weighted by molar-refractivity contribution is -0.143. The predicted molar refractivity (Wildman–Crippen MR) is 80.4 cm³/mol. The van der Waals surface area contributed by atoms with Crippen LogP contribution in [0.15, 0.2) is 30.3 Å². The minimum absolute atomic E-state index is 0.207. The van der Waals surface area contributed by atoms with Gasteiger partial charge in [0, 0.05) is 6.04 Å². The third kappa shape index (κ3) is 3.83. The molecule has 0 radical (unpaired) electrons. The maximum atomic E-state index is 12.0. The first-order valence-electron chi connectivity index (χ1n) is 7.41. The van der Waals surface area contributed by atoms with E-state index in [0.29, 0.717) is 11.5 Å². The maximum absolute atomic E-state index is 12.0. The third-order valence-corrected chi connectivity index (χ3v) is 4.31. The van der Waals surface area contributed by atoms with Crippen LogP contribution in [0.3, 0.4) is 0 Å². The minimum Gasteiger partial charge on any atom is -0.468 e. The van der Waals surface area contributed by atoms with Gasteiger partial charge in [0.15, 0.2) is 0 Å². The molecular formula is C17H25NO2. The van der Waals surface area contributed by atoms with Gasteiger partial charge in [-0.3, -0.25) is 5.32 Å². The number of carbonyl (C=O) groups is 1.